The molecule has 0 spiro atoms. The number of benzene rings is 1. The number of piperidine rings is 1. The zero-order valence-corrected chi connectivity index (χ0v) is 18.1. The van der Waals surface area contributed by atoms with Crippen molar-refractivity contribution in [3.8, 4) is 0 Å². The van der Waals surface area contributed by atoms with Crippen LogP contribution in [0.15, 0.2) is 30.9 Å². The van der Waals surface area contributed by atoms with Crippen molar-refractivity contribution in [1.82, 2.24) is 15.1 Å². The van der Waals surface area contributed by atoms with Crippen molar-refractivity contribution in [1.29, 1.82) is 0 Å². The summed E-state index contributed by atoms with van der Waals surface area (Å²) in [6.07, 6.45) is 6.90. The number of likely N-dealkylation sites (tertiary alicyclic amines) is 1. The van der Waals surface area contributed by atoms with E-state index in [0.717, 1.165) is 25.0 Å². The molecular formula is C24H41N3. The molecule has 1 atom stereocenters. The van der Waals surface area contributed by atoms with Crippen molar-refractivity contribution in [3.63, 3.8) is 0 Å². The van der Waals surface area contributed by atoms with E-state index in [1.807, 2.05) is 6.08 Å². The maximum absolute atomic E-state index is 3.55. The van der Waals surface area contributed by atoms with Crippen LogP contribution in [0.5, 0.6) is 0 Å². The first kappa shape index (κ1) is 22.1. The van der Waals surface area contributed by atoms with E-state index in [4.69, 9.17) is 0 Å². The van der Waals surface area contributed by atoms with Gasteiger partial charge in [-0.1, -0.05) is 43.7 Å². The molecule has 3 rings (SSSR count). The molecule has 27 heavy (non-hydrogen) atoms. The standard InChI is InChI=1S/C20H33N3.C4H8/c1-4-19-14-21-9-12-23(19)20-7-10-22(11-8-20)15-18-6-5-16(2)13-17(18)3;1-3-4-2/h5-6,13,19-21H,4,7-12,14-15H2,1-3H3;3H,1,4H2,2H3. The lowest BCUT2D eigenvalue weighted by atomic mass is 9.98. The zero-order chi connectivity index (χ0) is 19.6. The van der Waals surface area contributed by atoms with Gasteiger partial charge in [0.15, 0.2) is 0 Å². The Bertz CT molecular complexity index is 561. The Hall–Kier alpha value is -1.16. The van der Waals surface area contributed by atoms with E-state index in [1.165, 1.54) is 68.7 Å². The van der Waals surface area contributed by atoms with Gasteiger partial charge < -0.3 is 5.32 Å². The highest BCUT2D eigenvalue weighted by atomic mass is 15.3. The highest BCUT2D eigenvalue weighted by molar-refractivity contribution is 5.30. The molecule has 152 valence electrons. The molecular weight excluding hydrogens is 330 g/mol. The van der Waals surface area contributed by atoms with Crippen LogP contribution in [0.3, 0.4) is 0 Å². The molecule has 1 unspecified atom stereocenters. The number of allylic oxidation sites excluding steroid dienone is 1. The van der Waals surface area contributed by atoms with Gasteiger partial charge in [0, 0.05) is 38.3 Å². The van der Waals surface area contributed by atoms with Gasteiger partial charge in [-0.25, -0.2) is 0 Å². The molecule has 2 saturated heterocycles. The van der Waals surface area contributed by atoms with Crippen molar-refractivity contribution in [3.05, 3.63) is 47.5 Å². The molecule has 1 aromatic carbocycles. The van der Waals surface area contributed by atoms with Crippen LogP contribution in [0.1, 0.15) is 56.2 Å². The first-order valence-electron chi connectivity index (χ1n) is 10.9. The van der Waals surface area contributed by atoms with Gasteiger partial charge in [0.05, 0.1) is 0 Å². The average molecular weight is 372 g/mol. The second kappa shape index (κ2) is 11.6. The summed E-state index contributed by atoms with van der Waals surface area (Å²) >= 11 is 0. The quantitative estimate of drug-likeness (QED) is 0.767. The molecule has 3 nitrogen and oxygen atoms in total. The van der Waals surface area contributed by atoms with E-state index >= 15 is 0 Å². The van der Waals surface area contributed by atoms with Crippen LogP contribution < -0.4 is 5.32 Å². The maximum Gasteiger partial charge on any atom is 0.0236 e. The minimum absolute atomic E-state index is 0.750. The van der Waals surface area contributed by atoms with Crippen molar-refractivity contribution >= 4 is 0 Å². The Morgan fingerprint density at radius 1 is 1.15 bits per heavy atom. The van der Waals surface area contributed by atoms with Gasteiger partial charge >= 0.3 is 0 Å². The molecule has 2 aliphatic rings. The number of nitrogens with one attached hydrogen (secondary N) is 1. The fourth-order valence-corrected chi connectivity index (χ4v) is 4.31. The molecule has 1 aromatic rings. The number of piperazine rings is 1. The highest BCUT2D eigenvalue weighted by Gasteiger charge is 2.30. The normalized spacial score (nSPS) is 22.1. The zero-order valence-electron chi connectivity index (χ0n) is 18.1. The lowest BCUT2D eigenvalue weighted by molar-refractivity contribution is 0.0543. The first-order chi connectivity index (χ1) is 13.1. The number of hydrogen-bond acceptors (Lipinski definition) is 3. The Morgan fingerprint density at radius 3 is 2.44 bits per heavy atom. The third-order valence-electron chi connectivity index (χ3n) is 6.07. The fourth-order valence-electron chi connectivity index (χ4n) is 4.31. The van der Waals surface area contributed by atoms with E-state index in [-0.39, 0.29) is 0 Å². The van der Waals surface area contributed by atoms with Crippen molar-refractivity contribution < 1.29 is 0 Å². The Labute approximate surface area is 167 Å². The number of aryl methyl sites for hydroxylation is 2. The molecule has 0 saturated carbocycles. The van der Waals surface area contributed by atoms with Crippen LogP contribution in [-0.4, -0.2) is 54.6 Å². The van der Waals surface area contributed by atoms with E-state index in [2.05, 4.69) is 67.6 Å². The van der Waals surface area contributed by atoms with Gasteiger partial charge in [-0.3, -0.25) is 9.80 Å². The number of hydrogen-bond donors (Lipinski definition) is 1. The topological polar surface area (TPSA) is 18.5 Å². The Balaban J connectivity index is 0.000000596. The van der Waals surface area contributed by atoms with Crippen LogP contribution in [0, 0.1) is 13.8 Å². The molecule has 2 aliphatic heterocycles. The predicted octanol–water partition coefficient (Wildman–Crippen LogP) is 4.53. The van der Waals surface area contributed by atoms with Crippen LogP contribution in [0.2, 0.25) is 0 Å². The number of rotatable bonds is 5. The van der Waals surface area contributed by atoms with Gasteiger partial charge in [0.2, 0.25) is 0 Å². The molecule has 0 amide bonds. The lowest BCUT2D eigenvalue weighted by Gasteiger charge is -2.44. The van der Waals surface area contributed by atoms with E-state index in [9.17, 15) is 0 Å². The van der Waals surface area contributed by atoms with Crippen LogP contribution in [-0.2, 0) is 6.54 Å². The lowest BCUT2D eigenvalue weighted by Crippen LogP contribution is -2.57. The largest absolute Gasteiger partial charge is 0.314 e. The summed E-state index contributed by atoms with van der Waals surface area (Å²) in [6.45, 7) is 19.5. The van der Waals surface area contributed by atoms with Gasteiger partial charge in [0.25, 0.3) is 0 Å². The molecule has 0 radical (unpaired) electrons. The maximum atomic E-state index is 3.55. The van der Waals surface area contributed by atoms with Crippen LogP contribution in [0.25, 0.3) is 0 Å². The van der Waals surface area contributed by atoms with E-state index < -0.39 is 0 Å². The molecule has 2 heterocycles. The predicted molar refractivity (Wildman–Crippen MR) is 118 cm³/mol. The summed E-state index contributed by atoms with van der Waals surface area (Å²) in [5.74, 6) is 0. The number of nitrogens with zero attached hydrogens (tertiary/aromatic N) is 2. The van der Waals surface area contributed by atoms with Gasteiger partial charge in [0.1, 0.15) is 0 Å². The third kappa shape index (κ3) is 6.74. The molecule has 0 aliphatic carbocycles. The van der Waals surface area contributed by atoms with Crippen molar-refractivity contribution in [2.45, 2.75) is 72.0 Å². The minimum atomic E-state index is 0.750. The summed E-state index contributed by atoms with van der Waals surface area (Å²) in [6, 6.07) is 8.44. The molecule has 1 N–H and O–H groups in total. The smallest absolute Gasteiger partial charge is 0.0236 e. The minimum Gasteiger partial charge on any atom is -0.314 e. The average Bonchev–Trinajstić information content (AvgIpc) is 2.71. The summed E-state index contributed by atoms with van der Waals surface area (Å²) in [5, 5.41) is 3.55. The summed E-state index contributed by atoms with van der Waals surface area (Å²) in [5.41, 5.74) is 4.32. The molecule has 0 aromatic heterocycles. The summed E-state index contributed by atoms with van der Waals surface area (Å²) < 4.78 is 0. The summed E-state index contributed by atoms with van der Waals surface area (Å²) in [4.78, 5) is 5.45. The second-order valence-electron chi connectivity index (χ2n) is 8.14. The van der Waals surface area contributed by atoms with Crippen molar-refractivity contribution in [2.24, 2.45) is 0 Å². The molecule has 2 fully saturated rings. The van der Waals surface area contributed by atoms with E-state index in [0.29, 0.717) is 0 Å². The van der Waals surface area contributed by atoms with E-state index in [1.54, 1.807) is 0 Å². The third-order valence-corrected chi connectivity index (χ3v) is 6.07. The monoisotopic (exact) mass is 371 g/mol. The Kier molecular flexibility index (Phi) is 9.53. The molecule has 0 bridgehead atoms. The first-order valence-corrected chi connectivity index (χ1v) is 10.9. The van der Waals surface area contributed by atoms with Gasteiger partial charge in [-0.2, -0.15) is 0 Å². The Morgan fingerprint density at radius 2 is 1.85 bits per heavy atom. The highest BCUT2D eigenvalue weighted by Crippen LogP contribution is 2.23. The molecule has 3 heteroatoms. The second-order valence-corrected chi connectivity index (χ2v) is 8.14. The van der Waals surface area contributed by atoms with Crippen molar-refractivity contribution in [2.75, 3.05) is 32.7 Å². The van der Waals surface area contributed by atoms with Gasteiger partial charge in [-0.05, 0) is 63.7 Å². The SMILES string of the molecule is C=CCC.CCC1CNCCN1C1CCN(Cc2ccc(C)cc2C)CC1. The summed E-state index contributed by atoms with van der Waals surface area (Å²) in [7, 11) is 0. The van der Waals surface area contributed by atoms with Crippen LogP contribution >= 0.6 is 0 Å². The van der Waals surface area contributed by atoms with Gasteiger partial charge in [-0.15, -0.1) is 6.58 Å². The fraction of sp³-hybridized carbons (Fsp3) is 0.667. The van der Waals surface area contributed by atoms with Crippen LogP contribution in [0.4, 0.5) is 0 Å².